The van der Waals surface area contributed by atoms with E-state index in [9.17, 15) is 13.2 Å². The molecule has 0 saturated heterocycles. The maximum absolute atomic E-state index is 13.1. The van der Waals surface area contributed by atoms with Crippen LogP contribution in [0.1, 0.15) is 30.4 Å². The lowest BCUT2D eigenvalue weighted by molar-refractivity contribution is 0.00393. The van der Waals surface area contributed by atoms with Crippen molar-refractivity contribution >= 4 is 0 Å². The van der Waals surface area contributed by atoms with E-state index in [0.717, 1.165) is 11.1 Å². The first-order valence-corrected chi connectivity index (χ1v) is 6.26. The van der Waals surface area contributed by atoms with E-state index in [1.807, 2.05) is 6.92 Å². The van der Waals surface area contributed by atoms with Gasteiger partial charge in [0.25, 0.3) is 0 Å². The van der Waals surface area contributed by atoms with Crippen LogP contribution in [0.25, 0.3) is 0 Å². The average Bonchev–Trinajstić information content (AvgIpc) is 2.64. The van der Waals surface area contributed by atoms with Crippen LogP contribution < -0.4 is 5.73 Å². The van der Waals surface area contributed by atoms with E-state index in [2.05, 4.69) is 0 Å². The van der Waals surface area contributed by atoms with Crippen molar-refractivity contribution in [3.63, 3.8) is 0 Å². The van der Waals surface area contributed by atoms with Crippen molar-refractivity contribution in [3.05, 3.63) is 35.1 Å². The topological polar surface area (TPSA) is 26.0 Å². The molecule has 1 aliphatic rings. The van der Waals surface area contributed by atoms with Gasteiger partial charge in [0.1, 0.15) is 5.82 Å². The minimum absolute atomic E-state index is 0.0759. The number of hydrogen-bond acceptors (Lipinski definition) is 1. The molecule has 18 heavy (non-hydrogen) atoms. The second-order valence-corrected chi connectivity index (χ2v) is 5.30. The monoisotopic (exact) mass is 257 g/mol. The van der Waals surface area contributed by atoms with E-state index in [1.54, 1.807) is 6.07 Å². The lowest BCUT2D eigenvalue weighted by Crippen LogP contribution is -2.32. The summed E-state index contributed by atoms with van der Waals surface area (Å²) in [6.07, 6.45) is 0.711. The molecule has 1 aromatic carbocycles. The van der Waals surface area contributed by atoms with Crippen molar-refractivity contribution < 1.29 is 13.2 Å². The molecule has 0 aromatic heterocycles. The van der Waals surface area contributed by atoms with Crippen LogP contribution in [0.4, 0.5) is 13.2 Å². The van der Waals surface area contributed by atoms with Crippen LogP contribution in [-0.2, 0) is 6.42 Å². The molecule has 100 valence electrons. The van der Waals surface area contributed by atoms with Crippen molar-refractivity contribution in [3.8, 4) is 0 Å². The highest BCUT2D eigenvalue weighted by molar-refractivity contribution is 5.27. The standard InChI is InChI=1S/C14H18F3N/c1-9-2-3-12(15)6-11(9)7-13(18)10-4-5-14(16,17)8-10/h2-3,6,10,13H,4-5,7-8,18H2,1H3. The second kappa shape index (κ2) is 4.92. The lowest BCUT2D eigenvalue weighted by Gasteiger charge is -2.20. The molecule has 0 spiro atoms. The van der Waals surface area contributed by atoms with Crippen molar-refractivity contribution in [2.24, 2.45) is 11.7 Å². The molecule has 4 heteroatoms. The minimum Gasteiger partial charge on any atom is -0.327 e. The molecule has 2 atom stereocenters. The van der Waals surface area contributed by atoms with Gasteiger partial charge in [-0.25, -0.2) is 13.2 Å². The summed E-state index contributed by atoms with van der Waals surface area (Å²) in [4.78, 5) is 0. The lowest BCUT2D eigenvalue weighted by atomic mass is 9.91. The molecule has 1 aliphatic carbocycles. The van der Waals surface area contributed by atoms with Gasteiger partial charge in [-0.3, -0.25) is 0 Å². The summed E-state index contributed by atoms with van der Waals surface area (Å²) >= 11 is 0. The number of nitrogens with two attached hydrogens (primary N) is 1. The summed E-state index contributed by atoms with van der Waals surface area (Å²) in [5.74, 6) is -3.04. The first-order valence-electron chi connectivity index (χ1n) is 6.26. The number of alkyl halides is 2. The third kappa shape index (κ3) is 3.05. The summed E-state index contributed by atoms with van der Waals surface area (Å²) in [5.41, 5.74) is 7.77. The van der Waals surface area contributed by atoms with Crippen LogP contribution >= 0.6 is 0 Å². The predicted octanol–water partition coefficient (Wildman–Crippen LogP) is 3.44. The number of rotatable bonds is 3. The third-order valence-corrected chi connectivity index (χ3v) is 3.81. The maximum atomic E-state index is 13.1. The van der Waals surface area contributed by atoms with Crippen molar-refractivity contribution in [1.82, 2.24) is 0 Å². The Morgan fingerprint density at radius 2 is 2.17 bits per heavy atom. The van der Waals surface area contributed by atoms with Crippen molar-refractivity contribution in [2.45, 2.75) is 44.6 Å². The summed E-state index contributed by atoms with van der Waals surface area (Å²) < 4.78 is 39.4. The van der Waals surface area contributed by atoms with Gasteiger partial charge < -0.3 is 5.73 Å². The normalized spacial score (nSPS) is 24.2. The van der Waals surface area contributed by atoms with Gasteiger partial charge in [0, 0.05) is 18.9 Å². The van der Waals surface area contributed by atoms with Crippen LogP contribution in [0.5, 0.6) is 0 Å². The van der Waals surface area contributed by atoms with Gasteiger partial charge in [0.15, 0.2) is 0 Å². The first kappa shape index (κ1) is 13.4. The number of hydrogen-bond donors (Lipinski definition) is 1. The quantitative estimate of drug-likeness (QED) is 0.882. The Hall–Kier alpha value is -1.03. The summed E-state index contributed by atoms with van der Waals surface area (Å²) in [6.45, 7) is 1.88. The highest BCUT2D eigenvalue weighted by atomic mass is 19.3. The fourth-order valence-electron chi connectivity index (χ4n) is 2.63. The Morgan fingerprint density at radius 3 is 2.78 bits per heavy atom. The summed E-state index contributed by atoms with van der Waals surface area (Å²) in [5, 5.41) is 0. The molecule has 2 unspecified atom stereocenters. The Labute approximate surface area is 105 Å². The average molecular weight is 257 g/mol. The van der Waals surface area contributed by atoms with Crippen molar-refractivity contribution in [2.75, 3.05) is 0 Å². The number of halogens is 3. The molecule has 2 rings (SSSR count). The molecule has 1 fully saturated rings. The van der Waals surface area contributed by atoms with Crippen LogP contribution in [0.3, 0.4) is 0 Å². The van der Waals surface area contributed by atoms with E-state index >= 15 is 0 Å². The Kier molecular flexibility index (Phi) is 3.66. The molecular weight excluding hydrogens is 239 g/mol. The van der Waals surface area contributed by atoms with Gasteiger partial charge in [0.2, 0.25) is 5.92 Å². The molecule has 1 saturated carbocycles. The maximum Gasteiger partial charge on any atom is 0.248 e. The zero-order valence-electron chi connectivity index (χ0n) is 10.4. The Balaban J connectivity index is 2.03. The van der Waals surface area contributed by atoms with Crippen molar-refractivity contribution in [1.29, 1.82) is 0 Å². The third-order valence-electron chi connectivity index (χ3n) is 3.81. The van der Waals surface area contributed by atoms with E-state index < -0.39 is 5.92 Å². The van der Waals surface area contributed by atoms with Gasteiger partial charge >= 0.3 is 0 Å². The van der Waals surface area contributed by atoms with Gasteiger partial charge in [-0.15, -0.1) is 0 Å². The molecular formula is C14H18F3N. The Morgan fingerprint density at radius 1 is 1.44 bits per heavy atom. The zero-order valence-corrected chi connectivity index (χ0v) is 10.4. The van der Waals surface area contributed by atoms with Gasteiger partial charge in [-0.1, -0.05) is 6.07 Å². The van der Waals surface area contributed by atoms with Gasteiger partial charge in [0.05, 0.1) is 0 Å². The molecule has 0 bridgehead atoms. The van der Waals surface area contributed by atoms with Crippen LogP contribution in [0.2, 0.25) is 0 Å². The van der Waals surface area contributed by atoms with Crippen LogP contribution in [0.15, 0.2) is 18.2 Å². The van der Waals surface area contributed by atoms with E-state index in [-0.39, 0.29) is 30.6 Å². The molecule has 0 radical (unpaired) electrons. The zero-order chi connectivity index (χ0) is 13.3. The Bertz CT molecular complexity index is 431. The van der Waals surface area contributed by atoms with E-state index in [0.29, 0.717) is 12.8 Å². The molecule has 0 amide bonds. The van der Waals surface area contributed by atoms with Gasteiger partial charge in [-0.05, 0) is 48.9 Å². The largest absolute Gasteiger partial charge is 0.327 e. The number of aryl methyl sites for hydroxylation is 1. The predicted molar refractivity (Wildman–Crippen MR) is 65.1 cm³/mol. The van der Waals surface area contributed by atoms with E-state index in [4.69, 9.17) is 5.73 Å². The minimum atomic E-state index is -2.57. The van der Waals surface area contributed by atoms with E-state index in [1.165, 1.54) is 12.1 Å². The molecule has 2 N–H and O–H groups in total. The number of benzene rings is 1. The fourth-order valence-corrected chi connectivity index (χ4v) is 2.63. The highest BCUT2D eigenvalue weighted by Gasteiger charge is 2.41. The molecule has 1 aromatic rings. The molecule has 0 heterocycles. The summed E-state index contributed by atoms with van der Waals surface area (Å²) in [7, 11) is 0. The molecule has 1 nitrogen and oxygen atoms in total. The first-order chi connectivity index (χ1) is 8.37. The smallest absolute Gasteiger partial charge is 0.248 e. The fraction of sp³-hybridized carbons (Fsp3) is 0.571. The molecule has 0 aliphatic heterocycles. The summed E-state index contributed by atoms with van der Waals surface area (Å²) in [6, 6.07) is 4.22. The SMILES string of the molecule is Cc1ccc(F)cc1CC(N)C1CCC(F)(F)C1. The van der Waals surface area contributed by atoms with Gasteiger partial charge in [-0.2, -0.15) is 0 Å². The van der Waals surface area contributed by atoms with Crippen LogP contribution in [-0.4, -0.2) is 12.0 Å². The highest BCUT2D eigenvalue weighted by Crippen LogP contribution is 2.40. The second-order valence-electron chi connectivity index (χ2n) is 5.30. The van der Waals surface area contributed by atoms with Crippen LogP contribution in [0, 0.1) is 18.7 Å².